The average Bonchev–Trinajstić information content (AvgIpc) is 2.75. The molecule has 0 fully saturated rings. The van der Waals surface area contributed by atoms with E-state index in [0.717, 1.165) is 22.6 Å². The predicted molar refractivity (Wildman–Crippen MR) is 52.4 cm³/mol. The zero-order valence-corrected chi connectivity index (χ0v) is 8.06. The quantitative estimate of drug-likeness (QED) is 0.830. The van der Waals surface area contributed by atoms with Gasteiger partial charge in [-0.05, 0) is 11.4 Å². The van der Waals surface area contributed by atoms with Crippen LogP contribution in [0.15, 0.2) is 22.2 Å². The summed E-state index contributed by atoms with van der Waals surface area (Å²) in [6.07, 6.45) is 0. The molecule has 0 bridgehead atoms. The number of carboxylic acids is 1. The summed E-state index contributed by atoms with van der Waals surface area (Å²) in [5.41, 5.74) is 1.72. The van der Waals surface area contributed by atoms with Gasteiger partial charge in [0.1, 0.15) is 0 Å². The van der Waals surface area contributed by atoms with Gasteiger partial charge in [0, 0.05) is 16.3 Å². The smallest absolute Gasteiger partial charge is 0.365 e. The molecule has 2 heterocycles. The third-order valence-electron chi connectivity index (χ3n) is 1.50. The molecule has 0 spiro atoms. The number of hydrogen-bond donors (Lipinski definition) is 1. The lowest BCUT2D eigenvalue weighted by Crippen LogP contribution is -1.93. The van der Waals surface area contributed by atoms with E-state index < -0.39 is 5.97 Å². The predicted octanol–water partition coefficient (Wildman–Crippen LogP) is 2.57. The summed E-state index contributed by atoms with van der Waals surface area (Å²) >= 11 is 2.72. The first-order valence-electron chi connectivity index (χ1n) is 3.49. The molecule has 1 N–H and O–H groups in total. The summed E-state index contributed by atoms with van der Waals surface area (Å²) in [5, 5.41) is 14.4. The molecule has 2 rings (SSSR count). The highest BCUT2D eigenvalue weighted by Gasteiger charge is 2.09. The van der Waals surface area contributed by atoms with E-state index in [4.69, 9.17) is 5.11 Å². The van der Waals surface area contributed by atoms with Crippen molar-refractivity contribution < 1.29 is 9.90 Å². The Morgan fingerprint density at radius 2 is 2.31 bits per heavy atom. The molecule has 13 heavy (non-hydrogen) atoms. The number of hydrogen-bond acceptors (Lipinski definition) is 4. The largest absolute Gasteiger partial charge is 0.476 e. The molecule has 0 aliphatic heterocycles. The fraction of sp³-hybridized carbons (Fsp3) is 0. The normalized spacial score (nSPS) is 10.2. The molecule has 0 aliphatic rings. The van der Waals surface area contributed by atoms with Crippen LogP contribution in [0.25, 0.3) is 11.3 Å². The summed E-state index contributed by atoms with van der Waals surface area (Å²) in [6.45, 7) is 0. The third-order valence-corrected chi connectivity index (χ3v) is 3.02. The number of nitrogens with zero attached hydrogens (tertiary/aromatic N) is 1. The van der Waals surface area contributed by atoms with Gasteiger partial charge in [-0.2, -0.15) is 11.3 Å². The second kappa shape index (κ2) is 3.27. The molecule has 5 heteroatoms. The zero-order valence-electron chi connectivity index (χ0n) is 6.43. The number of rotatable bonds is 2. The van der Waals surface area contributed by atoms with Crippen LogP contribution in [-0.2, 0) is 0 Å². The summed E-state index contributed by atoms with van der Waals surface area (Å²) in [4.78, 5) is 14.5. The SMILES string of the molecule is O=C(O)c1nc(-c2ccsc2)cs1. The monoisotopic (exact) mass is 211 g/mol. The molecule has 0 saturated heterocycles. The van der Waals surface area contributed by atoms with Crippen LogP contribution in [-0.4, -0.2) is 16.1 Å². The van der Waals surface area contributed by atoms with Gasteiger partial charge in [-0.3, -0.25) is 0 Å². The van der Waals surface area contributed by atoms with E-state index in [1.807, 2.05) is 16.8 Å². The molecule has 2 aromatic heterocycles. The highest BCUT2D eigenvalue weighted by Crippen LogP contribution is 2.23. The third kappa shape index (κ3) is 1.61. The lowest BCUT2D eigenvalue weighted by Gasteiger charge is -1.86. The maximum atomic E-state index is 10.5. The Hall–Kier alpha value is -1.20. The minimum Gasteiger partial charge on any atom is -0.476 e. The van der Waals surface area contributed by atoms with Gasteiger partial charge in [-0.1, -0.05) is 0 Å². The Bertz CT molecular complexity index is 419. The van der Waals surface area contributed by atoms with Crippen LogP contribution < -0.4 is 0 Å². The topological polar surface area (TPSA) is 50.2 Å². The lowest BCUT2D eigenvalue weighted by atomic mass is 10.3. The number of aromatic nitrogens is 1. The molecule has 0 aliphatic carbocycles. The van der Waals surface area contributed by atoms with Gasteiger partial charge < -0.3 is 5.11 Å². The van der Waals surface area contributed by atoms with E-state index in [1.165, 1.54) is 0 Å². The number of carboxylic acid groups (broad SMARTS) is 1. The minimum absolute atomic E-state index is 0.140. The first-order chi connectivity index (χ1) is 6.27. The highest BCUT2D eigenvalue weighted by atomic mass is 32.1. The molecular formula is C8H5NO2S2. The van der Waals surface area contributed by atoms with Crippen molar-refractivity contribution in [2.45, 2.75) is 0 Å². The van der Waals surface area contributed by atoms with Gasteiger partial charge >= 0.3 is 5.97 Å². The van der Waals surface area contributed by atoms with E-state index in [1.54, 1.807) is 16.7 Å². The molecular weight excluding hydrogens is 206 g/mol. The van der Waals surface area contributed by atoms with Crippen LogP contribution in [0.2, 0.25) is 0 Å². The average molecular weight is 211 g/mol. The van der Waals surface area contributed by atoms with Crippen LogP contribution in [0.1, 0.15) is 9.80 Å². The van der Waals surface area contributed by atoms with Crippen LogP contribution in [0, 0.1) is 0 Å². The van der Waals surface area contributed by atoms with Crippen molar-refractivity contribution in [3.8, 4) is 11.3 Å². The zero-order chi connectivity index (χ0) is 9.26. The number of thiophene rings is 1. The maximum Gasteiger partial charge on any atom is 0.365 e. The summed E-state index contributed by atoms with van der Waals surface area (Å²) in [6, 6.07) is 1.92. The molecule has 2 aromatic rings. The van der Waals surface area contributed by atoms with Crippen molar-refractivity contribution in [1.29, 1.82) is 0 Å². The molecule has 0 atom stereocenters. The van der Waals surface area contributed by atoms with Crippen molar-refractivity contribution in [3.05, 3.63) is 27.2 Å². The molecule has 0 aromatic carbocycles. The first kappa shape index (κ1) is 8.40. The summed E-state index contributed by atoms with van der Waals surface area (Å²) in [5.74, 6) is -0.966. The Morgan fingerprint density at radius 1 is 1.46 bits per heavy atom. The van der Waals surface area contributed by atoms with Crippen molar-refractivity contribution in [2.75, 3.05) is 0 Å². The molecule has 0 unspecified atom stereocenters. The fourth-order valence-electron chi connectivity index (χ4n) is 0.915. The Labute approximate surface area is 82.3 Å². The lowest BCUT2D eigenvalue weighted by molar-refractivity contribution is 0.0696. The van der Waals surface area contributed by atoms with Crippen LogP contribution in [0.5, 0.6) is 0 Å². The summed E-state index contributed by atoms with van der Waals surface area (Å²) < 4.78 is 0. The standard InChI is InChI=1S/C8H5NO2S2/c10-8(11)7-9-6(4-13-7)5-1-2-12-3-5/h1-4H,(H,10,11). The van der Waals surface area contributed by atoms with Crippen molar-refractivity contribution in [2.24, 2.45) is 0 Å². The molecule has 0 saturated carbocycles. The maximum absolute atomic E-state index is 10.5. The Kier molecular flexibility index (Phi) is 2.12. The highest BCUT2D eigenvalue weighted by molar-refractivity contribution is 7.12. The molecule has 0 amide bonds. The molecule has 3 nitrogen and oxygen atoms in total. The van der Waals surface area contributed by atoms with Gasteiger partial charge in [0.2, 0.25) is 5.01 Å². The number of thiazole rings is 1. The van der Waals surface area contributed by atoms with E-state index in [0.29, 0.717) is 0 Å². The minimum atomic E-state index is -0.966. The van der Waals surface area contributed by atoms with Gasteiger partial charge in [0.25, 0.3) is 0 Å². The van der Waals surface area contributed by atoms with E-state index in [9.17, 15) is 4.79 Å². The van der Waals surface area contributed by atoms with E-state index >= 15 is 0 Å². The molecule has 0 radical (unpaired) electrons. The van der Waals surface area contributed by atoms with Crippen molar-refractivity contribution in [1.82, 2.24) is 4.98 Å². The fourth-order valence-corrected chi connectivity index (χ4v) is 2.23. The van der Waals surface area contributed by atoms with Gasteiger partial charge in [-0.25, -0.2) is 9.78 Å². The number of aromatic carboxylic acids is 1. The van der Waals surface area contributed by atoms with Gasteiger partial charge in [-0.15, -0.1) is 11.3 Å². The van der Waals surface area contributed by atoms with Crippen molar-refractivity contribution >= 4 is 28.6 Å². The molecule has 66 valence electrons. The van der Waals surface area contributed by atoms with Crippen LogP contribution in [0.4, 0.5) is 0 Å². The van der Waals surface area contributed by atoms with Crippen molar-refractivity contribution in [3.63, 3.8) is 0 Å². The second-order valence-corrected chi connectivity index (χ2v) is 3.99. The van der Waals surface area contributed by atoms with E-state index in [2.05, 4.69) is 4.98 Å². The van der Waals surface area contributed by atoms with Gasteiger partial charge in [0.15, 0.2) is 0 Å². The first-order valence-corrected chi connectivity index (χ1v) is 5.31. The number of carbonyl (C=O) groups is 1. The van der Waals surface area contributed by atoms with Crippen LogP contribution >= 0.6 is 22.7 Å². The van der Waals surface area contributed by atoms with E-state index in [-0.39, 0.29) is 5.01 Å². The van der Waals surface area contributed by atoms with Gasteiger partial charge in [0.05, 0.1) is 5.69 Å². The summed E-state index contributed by atoms with van der Waals surface area (Å²) in [7, 11) is 0. The Morgan fingerprint density at radius 3 is 2.85 bits per heavy atom. The second-order valence-electron chi connectivity index (χ2n) is 2.36. The Balaban J connectivity index is 2.39. The van der Waals surface area contributed by atoms with Crippen LogP contribution in [0.3, 0.4) is 0 Å².